The zero-order valence-corrected chi connectivity index (χ0v) is 13.3. The average Bonchev–Trinajstić information content (AvgIpc) is 3.09. The van der Waals surface area contributed by atoms with Crippen LogP contribution in [0.2, 0.25) is 0 Å². The third-order valence-electron chi connectivity index (χ3n) is 3.69. The summed E-state index contributed by atoms with van der Waals surface area (Å²) < 4.78 is 1.73. The largest absolute Gasteiger partial charge is 0.351 e. The Hall–Kier alpha value is -2.95. The molecule has 0 aliphatic rings. The Morgan fingerprint density at radius 2 is 1.78 bits per heavy atom. The van der Waals surface area contributed by atoms with Gasteiger partial charge in [-0.05, 0) is 46.7 Å². The standard InChI is InChI=1S/C18H19N5/c1-3-15-9-11-17(12-10-15)23-18(19-20-21-23)13-14-22(2)16-7-5-4-6-8-16/h4-14H,3H2,1-2H3/b14-13+. The van der Waals surface area contributed by atoms with Crippen LogP contribution in [-0.2, 0) is 6.42 Å². The summed E-state index contributed by atoms with van der Waals surface area (Å²) in [4.78, 5) is 2.03. The van der Waals surface area contributed by atoms with Gasteiger partial charge in [0.1, 0.15) is 0 Å². The van der Waals surface area contributed by atoms with Gasteiger partial charge in [0.25, 0.3) is 0 Å². The molecule has 0 saturated heterocycles. The summed E-state index contributed by atoms with van der Waals surface area (Å²) >= 11 is 0. The van der Waals surface area contributed by atoms with Crippen molar-refractivity contribution in [2.45, 2.75) is 13.3 Å². The topological polar surface area (TPSA) is 46.8 Å². The van der Waals surface area contributed by atoms with Gasteiger partial charge in [0.2, 0.25) is 0 Å². The zero-order chi connectivity index (χ0) is 16.1. The van der Waals surface area contributed by atoms with Crippen LogP contribution < -0.4 is 4.90 Å². The second-order valence-electron chi connectivity index (χ2n) is 5.23. The Morgan fingerprint density at radius 3 is 2.48 bits per heavy atom. The molecule has 3 aromatic rings. The summed E-state index contributed by atoms with van der Waals surface area (Å²) in [5, 5.41) is 12.0. The van der Waals surface area contributed by atoms with Gasteiger partial charge in [-0.25, -0.2) is 0 Å². The number of nitrogens with zero attached hydrogens (tertiary/aromatic N) is 5. The highest BCUT2D eigenvalue weighted by molar-refractivity contribution is 5.54. The van der Waals surface area contributed by atoms with Gasteiger partial charge in [0.05, 0.1) is 5.69 Å². The second kappa shape index (κ2) is 6.87. The number of aryl methyl sites for hydroxylation is 1. The molecular formula is C18H19N5. The van der Waals surface area contributed by atoms with Crippen molar-refractivity contribution in [1.82, 2.24) is 20.2 Å². The molecule has 1 aromatic heterocycles. The highest BCUT2D eigenvalue weighted by Gasteiger charge is 2.05. The average molecular weight is 305 g/mol. The normalized spacial score (nSPS) is 11.0. The summed E-state index contributed by atoms with van der Waals surface area (Å²) in [6.07, 6.45) is 4.88. The molecule has 23 heavy (non-hydrogen) atoms. The van der Waals surface area contributed by atoms with E-state index in [2.05, 4.69) is 46.7 Å². The van der Waals surface area contributed by atoms with Crippen molar-refractivity contribution in [2.75, 3.05) is 11.9 Å². The minimum absolute atomic E-state index is 0.692. The molecule has 0 spiro atoms. The first-order valence-electron chi connectivity index (χ1n) is 7.61. The SMILES string of the molecule is CCc1ccc(-n2nnnc2/C=C/N(C)c2ccccc2)cc1. The molecule has 0 bridgehead atoms. The molecule has 0 fully saturated rings. The maximum absolute atomic E-state index is 4.09. The number of anilines is 1. The van der Waals surface area contributed by atoms with Crippen LogP contribution in [0.4, 0.5) is 5.69 Å². The van der Waals surface area contributed by atoms with Gasteiger partial charge in [-0.2, -0.15) is 4.68 Å². The van der Waals surface area contributed by atoms with Crippen molar-refractivity contribution in [1.29, 1.82) is 0 Å². The van der Waals surface area contributed by atoms with Crippen molar-refractivity contribution >= 4 is 11.8 Å². The number of tetrazole rings is 1. The molecule has 3 rings (SSSR count). The first-order valence-corrected chi connectivity index (χ1v) is 7.61. The van der Waals surface area contributed by atoms with E-state index in [0.29, 0.717) is 5.82 Å². The van der Waals surface area contributed by atoms with Crippen molar-refractivity contribution in [3.63, 3.8) is 0 Å². The fourth-order valence-electron chi connectivity index (χ4n) is 2.28. The van der Waals surface area contributed by atoms with Gasteiger partial charge < -0.3 is 4.90 Å². The molecule has 0 aliphatic heterocycles. The zero-order valence-electron chi connectivity index (χ0n) is 13.3. The molecule has 116 valence electrons. The van der Waals surface area contributed by atoms with Crippen molar-refractivity contribution in [2.24, 2.45) is 0 Å². The van der Waals surface area contributed by atoms with E-state index in [1.54, 1.807) is 4.68 Å². The molecule has 0 aliphatic carbocycles. The van der Waals surface area contributed by atoms with Crippen LogP contribution >= 0.6 is 0 Å². The van der Waals surface area contributed by atoms with Gasteiger partial charge in [-0.3, -0.25) is 0 Å². The lowest BCUT2D eigenvalue weighted by atomic mass is 10.1. The van der Waals surface area contributed by atoms with Crippen LogP contribution in [0.1, 0.15) is 18.3 Å². The number of benzene rings is 2. The van der Waals surface area contributed by atoms with Crippen LogP contribution in [0, 0.1) is 0 Å². The predicted molar refractivity (Wildman–Crippen MR) is 92.4 cm³/mol. The van der Waals surface area contributed by atoms with Crippen LogP contribution in [0.15, 0.2) is 60.8 Å². The van der Waals surface area contributed by atoms with Crippen molar-refractivity contribution < 1.29 is 0 Å². The molecule has 1 heterocycles. The lowest BCUT2D eigenvalue weighted by Crippen LogP contribution is -2.08. The Bertz CT molecular complexity index is 775. The third kappa shape index (κ3) is 3.45. The van der Waals surface area contributed by atoms with Crippen molar-refractivity contribution in [3.8, 4) is 5.69 Å². The highest BCUT2D eigenvalue weighted by Crippen LogP contribution is 2.14. The molecule has 0 radical (unpaired) electrons. The fraction of sp³-hybridized carbons (Fsp3) is 0.167. The van der Waals surface area contributed by atoms with E-state index in [4.69, 9.17) is 0 Å². The number of hydrogen-bond donors (Lipinski definition) is 0. The lowest BCUT2D eigenvalue weighted by molar-refractivity contribution is 0.786. The monoisotopic (exact) mass is 305 g/mol. The Balaban J connectivity index is 1.82. The third-order valence-corrected chi connectivity index (χ3v) is 3.69. The van der Waals surface area contributed by atoms with E-state index < -0.39 is 0 Å². The number of rotatable bonds is 5. The summed E-state index contributed by atoms with van der Waals surface area (Å²) in [5.41, 5.74) is 3.35. The van der Waals surface area contributed by atoms with Crippen LogP contribution in [0.25, 0.3) is 11.8 Å². The summed E-state index contributed by atoms with van der Waals surface area (Å²) in [7, 11) is 2.00. The lowest BCUT2D eigenvalue weighted by Gasteiger charge is -2.13. The van der Waals surface area contributed by atoms with E-state index in [1.165, 1.54) is 5.56 Å². The minimum atomic E-state index is 0.692. The van der Waals surface area contributed by atoms with Crippen LogP contribution in [0.5, 0.6) is 0 Å². The molecule has 0 amide bonds. The molecule has 0 atom stereocenters. The highest BCUT2D eigenvalue weighted by atomic mass is 15.5. The molecule has 5 heteroatoms. The Kier molecular flexibility index (Phi) is 4.47. The first-order chi connectivity index (χ1) is 11.3. The molecule has 2 aromatic carbocycles. The molecular weight excluding hydrogens is 286 g/mol. The molecule has 0 unspecified atom stereocenters. The second-order valence-corrected chi connectivity index (χ2v) is 5.23. The van der Waals surface area contributed by atoms with Gasteiger partial charge in [-0.15, -0.1) is 5.10 Å². The maximum atomic E-state index is 4.09. The number of hydrogen-bond acceptors (Lipinski definition) is 4. The quantitative estimate of drug-likeness (QED) is 0.725. The Morgan fingerprint density at radius 1 is 1.04 bits per heavy atom. The summed E-state index contributed by atoms with van der Waals surface area (Å²) in [6, 6.07) is 18.4. The molecule has 0 N–H and O–H groups in total. The molecule has 5 nitrogen and oxygen atoms in total. The molecule has 0 saturated carbocycles. The number of para-hydroxylation sites is 1. The summed E-state index contributed by atoms with van der Waals surface area (Å²) in [6.45, 7) is 2.14. The summed E-state index contributed by atoms with van der Waals surface area (Å²) in [5.74, 6) is 0.692. The maximum Gasteiger partial charge on any atom is 0.181 e. The van der Waals surface area contributed by atoms with Gasteiger partial charge in [-0.1, -0.05) is 37.3 Å². The van der Waals surface area contributed by atoms with E-state index in [-0.39, 0.29) is 0 Å². The van der Waals surface area contributed by atoms with E-state index >= 15 is 0 Å². The van der Waals surface area contributed by atoms with Gasteiger partial charge >= 0.3 is 0 Å². The van der Waals surface area contributed by atoms with Crippen LogP contribution in [-0.4, -0.2) is 27.3 Å². The van der Waals surface area contributed by atoms with E-state index in [0.717, 1.165) is 17.8 Å². The first kappa shape index (κ1) is 15.0. The van der Waals surface area contributed by atoms with Crippen molar-refractivity contribution in [3.05, 3.63) is 72.2 Å². The van der Waals surface area contributed by atoms with E-state index in [1.807, 2.05) is 54.6 Å². The number of aromatic nitrogens is 4. The smallest absolute Gasteiger partial charge is 0.181 e. The van der Waals surface area contributed by atoms with E-state index in [9.17, 15) is 0 Å². The predicted octanol–water partition coefficient (Wildman–Crippen LogP) is 3.33. The minimum Gasteiger partial charge on any atom is -0.351 e. The Labute approximate surface area is 135 Å². The fourth-order valence-corrected chi connectivity index (χ4v) is 2.28. The van der Waals surface area contributed by atoms with Crippen LogP contribution in [0.3, 0.4) is 0 Å². The van der Waals surface area contributed by atoms with Gasteiger partial charge in [0.15, 0.2) is 5.82 Å². The van der Waals surface area contributed by atoms with Gasteiger partial charge in [0, 0.05) is 25.0 Å².